The van der Waals surface area contributed by atoms with Gasteiger partial charge in [-0.05, 0) is 38.5 Å². The molecule has 0 unspecified atom stereocenters. The Bertz CT molecular complexity index is 202. The first-order valence-electron chi connectivity index (χ1n) is 7.74. The number of ketones is 1. The molecule has 0 saturated heterocycles. The summed E-state index contributed by atoms with van der Waals surface area (Å²) in [6, 6.07) is 0. The molecule has 1 aliphatic carbocycles. The lowest BCUT2D eigenvalue weighted by Crippen LogP contribution is -2.19. The molecule has 0 heterocycles. The molecule has 0 amide bonds. The summed E-state index contributed by atoms with van der Waals surface area (Å²) >= 11 is 0. The molecule has 0 N–H and O–H groups in total. The Kier molecular flexibility index (Phi) is 7.55. The highest BCUT2D eigenvalue weighted by Crippen LogP contribution is 2.32. The summed E-state index contributed by atoms with van der Waals surface area (Å²) in [4.78, 5) is 11.3. The number of hydrogen-bond donors (Lipinski definition) is 0. The fourth-order valence-electron chi connectivity index (χ4n) is 3.07. The van der Waals surface area contributed by atoms with Crippen LogP contribution in [0.1, 0.15) is 84.5 Å². The van der Waals surface area contributed by atoms with Crippen LogP contribution in [0, 0.1) is 11.8 Å². The zero-order chi connectivity index (χ0) is 12.5. The Hall–Kier alpha value is -0.330. The summed E-state index contributed by atoms with van der Waals surface area (Å²) < 4.78 is 0. The number of rotatable bonds is 8. The number of carbonyl (C=O) groups excluding carboxylic acids is 1. The number of carbonyl (C=O) groups is 1. The first kappa shape index (κ1) is 14.7. The second-order valence-electron chi connectivity index (χ2n) is 5.88. The standard InChI is InChI=1S/C16H30O/c1-3-4-5-6-7-8-9-15-10-12-16(13-11-15)14(2)17/h15-16H,3-13H2,1-2H3. The normalized spacial score (nSPS) is 24.8. The van der Waals surface area contributed by atoms with E-state index in [1.165, 1.54) is 57.8 Å². The Morgan fingerprint density at radius 3 is 2.12 bits per heavy atom. The predicted molar refractivity (Wildman–Crippen MR) is 74.1 cm³/mol. The van der Waals surface area contributed by atoms with E-state index in [1.54, 1.807) is 6.92 Å². The van der Waals surface area contributed by atoms with E-state index in [4.69, 9.17) is 0 Å². The lowest BCUT2D eigenvalue weighted by Gasteiger charge is -2.26. The van der Waals surface area contributed by atoms with E-state index < -0.39 is 0 Å². The first-order chi connectivity index (χ1) is 8.24. The van der Waals surface area contributed by atoms with Gasteiger partial charge in [0, 0.05) is 5.92 Å². The van der Waals surface area contributed by atoms with Gasteiger partial charge in [0.2, 0.25) is 0 Å². The minimum Gasteiger partial charge on any atom is -0.300 e. The third-order valence-electron chi connectivity index (χ3n) is 4.39. The molecule has 0 aliphatic heterocycles. The molecule has 0 spiro atoms. The summed E-state index contributed by atoms with van der Waals surface area (Å²) in [7, 11) is 0. The summed E-state index contributed by atoms with van der Waals surface area (Å²) in [6.07, 6.45) is 14.8. The molecule has 0 aromatic rings. The third kappa shape index (κ3) is 6.24. The zero-order valence-corrected chi connectivity index (χ0v) is 11.8. The third-order valence-corrected chi connectivity index (χ3v) is 4.39. The van der Waals surface area contributed by atoms with Crippen molar-refractivity contribution in [2.75, 3.05) is 0 Å². The molecule has 0 atom stereocenters. The highest BCUT2D eigenvalue weighted by molar-refractivity contribution is 5.78. The van der Waals surface area contributed by atoms with Gasteiger partial charge in [0.05, 0.1) is 0 Å². The molecule has 17 heavy (non-hydrogen) atoms. The molecular weight excluding hydrogens is 208 g/mol. The molecule has 1 heteroatoms. The highest BCUT2D eigenvalue weighted by atomic mass is 16.1. The summed E-state index contributed by atoms with van der Waals surface area (Å²) in [5.41, 5.74) is 0. The summed E-state index contributed by atoms with van der Waals surface area (Å²) in [5.74, 6) is 1.75. The molecule has 1 aliphatic rings. The van der Waals surface area contributed by atoms with Gasteiger partial charge in [0.15, 0.2) is 0 Å². The van der Waals surface area contributed by atoms with E-state index >= 15 is 0 Å². The van der Waals surface area contributed by atoms with Crippen LogP contribution < -0.4 is 0 Å². The average molecular weight is 238 g/mol. The number of Topliss-reactive ketones (excluding diaryl/α,β-unsaturated/α-hetero) is 1. The van der Waals surface area contributed by atoms with E-state index in [0.29, 0.717) is 11.7 Å². The molecule has 0 aromatic heterocycles. The topological polar surface area (TPSA) is 17.1 Å². The van der Waals surface area contributed by atoms with Gasteiger partial charge in [-0.3, -0.25) is 4.79 Å². The Morgan fingerprint density at radius 1 is 0.941 bits per heavy atom. The zero-order valence-electron chi connectivity index (χ0n) is 11.8. The minimum atomic E-state index is 0.399. The van der Waals surface area contributed by atoms with Crippen molar-refractivity contribution >= 4 is 5.78 Å². The molecule has 0 bridgehead atoms. The van der Waals surface area contributed by atoms with Crippen LogP contribution >= 0.6 is 0 Å². The Labute approximate surface area is 107 Å². The van der Waals surface area contributed by atoms with E-state index in [0.717, 1.165) is 18.8 Å². The average Bonchev–Trinajstić information content (AvgIpc) is 2.34. The van der Waals surface area contributed by atoms with Gasteiger partial charge in [-0.2, -0.15) is 0 Å². The highest BCUT2D eigenvalue weighted by Gasteiger charge is 2.23. The van der Waals surface area contributed by atoms with Crippen LogP contribution in [0.2, 0.25) is 0 Å². The van der Waals surface area contributed by atoms with E-state index in [1.807, 2.05) is 0 Å². The van der Waals surface area contributed by atoms with Crippen molar-refractivity contribution in [3.63, 3.8) is 0 Å². The predicted octanol–water partition coefficient (Wildman–Crippen LogP) is 5.13. The van der Waals surface area contributed by atoms with Gasteiger partial charge in [0.25, 0.3) is 0 Å². The van der Waals surface area contributed by atoms with E-state index in [9.17, 15) is 4.79 Å². The maximum Gasteiger partial charge on any atom is 0.132 e. The monoisotopic (exact) mass is 238 g/mol. The quantitative estimate of drug-likeness (QED) is 0.536. The van der Waals surface area contributed by atoms with Gasteiger partial charge in [-0.15, -0.1) is 0 Å². The van der Waals surface area contributed by atoms with Crippen molar-refractivity contribution < 1.29 is 4.79 Å². The van der Waals surface area contributed by atoms with Crippen molar-refractivity contribution in [3.05, 3.63) is 0 Å². The van der Waals surface area contributed by atoms with Gasteiger partial charge in [-0.25, -0.2) is 0 Å². The Balaban J connectivity index is 1.97. The fraction of sp³-hybridized carbons (Fsp3) is 0.938. The SMILES string of the molecule is CCCCCCCCC1CCC(C(C)=O)CC1. The lowest BCUT2D eigenvalue weighted by molar-refractivity contribution is -0.121. The van der Waals surface area contributed by atoms with Crippen molar-refractivity contribution in [2.24, 2.45) is 11.8 Å². The largest absolute Gasteiger partial charge is 0.300 e. The van der Waals surface area contributed by atoms with Crippen LogP contribution in [0.25, 0.3) is 0 Å². The molecular formula is C16H30O. The second-order valence-corrected chi connectivity index (χ2v) is 5.88. The molecule has 0 radical (unpaired) electrons. The van der Waals surface area contributed by atoms with E-state index in [-0.39, 0.29) is 0 Å². The molecule has 100 valence electrons. The van der Waals surface area contributed by atoms with Crippen molar-refractivity contribution in [3.8, 4) is 0 Å². The Morgan fingerprint density at radius 2 is 1.53 bits per heavy atom. The molecule has 1 fully saturated rings. The van der Waals surface area contributed by atoms with E-state index in [2.05, 4.69) is 6.92 Å². The number of unbranched alkanes of at least 4 members (excludes halogenated alkanes) is 5. The molecule has 1 nitrogen and oxygen atoms in total. The van der Waals surface area contributed by atoms with Crippen LogP contribution in [0.15, 0.2) is 0 Å². The van der Waals surface area contributed by atoms with Crippen LogP contribution in [-0.4, -0.2) is 5.78 Å². The van der Waals surface area contributed by atoms with Crippen LogP contribution in [0.5, 0.6) is 0 Å². The summed E-state index contributed by atoms with van der Waals surface area (Å²) in [5, 5.41) is 0. The van der Waals surface area contributed by atoms with Gasteiger partial charge in [0.1, 0.15) is 5.78 Å². The first-order valence-corrected chi connectivity index (χ1v) is 7.74. The maximum atomic E-state index is 11.3. The second kappa shape index (κ2) is 8.72. The molecule has 1 rings (SSSR count). The number of hydrogen-bond acceptors (Lipinski definition) is 1. The van der Waals surface area contributed by atoms with Crippen molar-refractivity contribution in [1.82, 2.24) is 0 Å². The van der Waals surface area contributed by atoms with Crippen LogP contribution in [0.4, 0.5) is 0 Å². The lowest BCUT2D eigenvalue weighted by atomic mass is 9.78. The molecule has 1 saturated carbocycles. The summed E-state index contributed by atoms with van der Waals surface area (Å²) in [6.45, 7) is 4.03. The van der Waals surface area contributed by atoms with Crippen molar-refractivity contribution in [2.45, 2.75) is 84.5 Å². The van der Waals surface area contributed by atoms with Gasteiger partial charge >= 0.3 is 0 Å². The maximum absolute atomic E-state index is 11.3. The van der Waals surface area contributed by atoms with Gasteiger partial charge in [-0.1, -0.05) is 51.9 Å². The van der Waals surface area contributed by atoms with Crippen molar-refractivity contribution in [1.29, 1.82) is 0 Å². The van der Waals surface area contributed by atoms with Gasteiger partial charge < -0.3 is 0 Å². The fourth-order valence-corrected chi connectivity index (χ4v) is 3.07. The molecule has 0 aromatic carbocycles. The minimum absolute atomic E-state index is 0.399. The van der Waals surface area contributed by atoms with Crippen LogP contribution in [-0.2, 0) is 4.79 Å². The van der Waals surface area contributed by atoms with Crippen LogP contribution in [0.3, 0.4) is 0 Å². The smallest absolute Gasteiger partial charge is 0.132 e.